The minimum absolute atomic E-state index is 0.138. The van der Waals surface area contributed by atoms with Crippen LogP contribution in [0.5, 0.6) is 5.75 Å². The third kappa shape index (κ3) is 3.52. The van der Waals surface area contributed by atoms with Crippen molar-refractivity contribution in [3.05, 3.63) is 63.1 Å². The molecular formula is C15H16BrClN2O. The van der Waals surface area contributed by atoms with Crippen LogP contribution in [0.25, 0.3) is 0 Å². The van der Waals surface area contributed by atoms with Gasteiger partial charge in [0.05, 0.1) is 17.7 Å². The van der Waals surface area contributed by atoms with Gasteiger partial charge in [-0.1, -0.05) is 29.8 Å². The molecule has 5 heteroatoms. The summed E-state index contributed by atoms with van der Waals surface area (Å²) in [5.74, 6) is 6.53. The van der Waals surface area contributed by atoms with Crippen molar-refractivity contribution in [3.63, 3.8) is 0 Å². The van der Waals surface area contributed by atoms with E-state index >= 15 is 0 Å². The number of nitrogens with two attached hydrogens (primary N) is 1. The topological polar surface area (TPSA) is 47.3 Å². The van der Waals surface area contributed by atoms with Crippen LogP contribution in [0, 0.1) is 0 Å². The van der Waals surface area contributed by atoms with Gasteiger partial charge in [0.25, 0.3) is 0 Å². The maximum absolute atomic E-state index is 6.14. The molecule has 3 N–H and O–H groups in total. The number of rotatable bonds is 5. The smallest absolute Gasteiger partial charge is 0.119 e. The van der Waals surface area contributed by atoms with E-state index in [2.05, 4.69) is 21.4 Å². The Hall–Kier alpha value is -1.07. The highest BCUT2D eigenvalue weighted by Crippen LogP contribution is 2.30. The fourth-order valence-corrected chi connectivity index (χ4v) is 2.46. The van der Waals surface area contributed by atoms with Crippen LogP contribution in [0.2, 0.25) is 5.02 Å². The molecule has 0 aliphatic rings. The molecule has 3 nitrogen and oxygen atoms in total. The second kappa shape index (κ2) is 7.09. The van der Waals surface area contributed by atoms with Gasteiger partial charge in [-0.3, -0.25) is 5.84 Å². The summed E-state index contributed by atoms with van der Waals surface area (Å²) in [7, 11) is 0. The fraction of sp³-hybridized carbons (Fsp3) is 0.200. The minimum atomic E-state index is -0.138. The zero-order chi connectivity index (χ0) is 14.5. The third-order valence-corrected chi connectivity index (χ3v) is 4.18. The summed E-state index contributed by atoms with van der Waals surface area (Å²) in [4.78, 5) is 0. The fourth-order valence-electron chi connectivity index (χ4n) is 2.03. The molecule has 0 amide bonds. The van der Waals surface area contributed by atoms with E-state index in [0.717, 1.165) is 21.3 Å². The molecule has 1 atom stereocenters. The maximum atomic E-state index is 6.14. The molecule has 0 fully saturated rings. The lowest BCUT2D eigenvalue weighted by Gasteiger charge is -2.18. The largest absolute Gasteiger partial charge is 0.494 e. The maximum Gasteiger partial charge on any atom is 0.119 e. The van der Waals surface area contributed by atoms with Gasteiger partial charge in [0, 0.05) is 4.47 Å². The molecule has 0 aliphatic heterocycles. The van der Waals surface area contributed by atoms with E-state index < -0.39 is 0 Å². The molecule has 2 rings (SSSR count). The Morgan fingerprint density at radius 3 is 2.65 bits per heavy atom. The summed E-state index contributed by atoms with van der Waals surface area (Å²) in [5, 5.41) is 0.656. The minimum Gasteiger partial charge on any atom is -0.494 e. The number of hydrogen-bond acceptors (Lipinski definition) is 3. The van der Waals surface area contributed by atoms with Gasteiger partial charge in [-0.2, -0.15) is 0 Å². The summed E-state index contributed by atoms with van der Waals surface area (Å²) >= 11 is 9.53. The first kappa shape index (κ1) is 15.3. The Balaban J connectivity index is 2.36. The molecule has 0 saturated carbocycles. The van der Waals surface area contributed by atoms with E-state index in [1.54, 1.807) is 0 Å². The van der Waals surface area contributed by atoms with Crippen molar-refractivity contribution in [1.82, 2.24) is 5.43 Å². The van der Waals surface area contributed by atoms with Gasteiger partial charge in [-0.05, 0) is 58.2 Å². The van der Waals surface area contributed by atoms with Gasteiger partial charge in [-0.15, -0.1) is 0 Å². The van der Waals surface area contributed by atoms with Crippen molar-refractivity contribution < 1.29 is 4.74 Å². The number of nitrogens with one attached hydrogen (secondary N) is 1. The molecule has 2 aromatic carbocycles. The Labute approximate surface area is 132 Å². The van der Waals surface area contributed by atoms with E-state index in [1.165, 1.54) is 0 Å². The zero-order valence-corrected chi connectivity index (χ0v) is 13.4. The van der Waals surface area contributed by atoms with Crippen LogP contribution < -0.4 is 16.0 Å². The van der Waals surface area contributed by atoms with E-state index in [-0.39, 0.29) is 6.04 Å². The number of halogens is 2. The molecule has 20 heavy (non-hydrogen) atoms. The van der Waals surface area contributed by atoms with Crippen molar-refractivity contribution in [2.45, 2.75) is 13.0 Å². The van der Waals surface area contributed by atoms with Gasteiger partial charge < -0.3 is 4.74 Å². The van der Waals surface area contributed by atoms with Crippen molar-refractivity contribution in [2.24, 2.45) is 5.84 Å². The Morgan fingerprint density at radius 2 is 2.00 bits per heavy atom. The normalized spacial score (nSPS) is 12.2. The summed E-state index contributed by atoms with van der Waals surface area (Å²) in [6, 6.07) is 13.5. The van der Waals surface area contributed by atoms with Crippen molar-refractivity contribution in [2.75, 3.05) is 6.61 Å². The van der Waals surface area contributed by atoms with Gasteiger partial charge in [0.1, 0.15) is 5.75 Å². The number of hydrogen-bond donors (Lipinski definition) is 2. The van der Waals surface area contributed by atoms with Gasteiger partial charge in [-0.25, -0.2) is 5.43 Å². The van der Waals surface area contributed by atoms with Crippen LogP contribution in [0.3, 0.4) is 0 Å². The molecule has 1 unspecified atom stereocenters. The highest BCUT2D eigenvalue weighted by Gasteiger charge is 2.14. The van der Waals surface area contributed by atoms with Crippen LogP contribution >= 0.6 is 27.5 Å². The van der Waals surface area contributed by atoms with E-state index in [9.17, 15) is 0 Å². The van der Waals surface area contributed by atoms with Crippen molar-refractivity contribution in [3.8, 4) is 5.75 Å². The Bertz CT molecular complexity index is 592. The second-order valence-electron chi connectivity index (χ2n) is 4.28. The van der Waals surface area contributed by atoms with E-state index in [1.807, 2.05) is 49.4 Å². The lowest BCUT2D eigenvalue weighted by atomic mass is 9.99. The molecule has 0 spiro atoms. The van der Waals surface area contributed by atoms with E-state index in [4.69, 9.17) is 22.2 Å². The Kier molecular flexibility index (Phi) is 5.43. The summed E-state index contributed by atoms with van der Waals surface area (Å²) in [5.41, 5.74) is 4.84. The summed E-state index contributed by atoms with van der Waals surface area (Å²) in [6.07, 6.45) is 0. The summed E-state index contributed by atoms with van der Waals surface area (Å²) < 4.78 is 6.38. The molecule has 0 saturated heterocycles. The van der Waals surface area contributed by atoms with Crippen molar-refractivity contribution >= 4 is 27.5 Å². The quantitative estimate of drug-likeness (QED) is 0.628. The van der Waals surface area contributed by atoms with E-state index in [0.29, 0.717) is 11.6 Å². The second-order valence-corrected chi connectivity index (χ2v) is 5.54. The van der Waals surface area contributed by atoms with Crippen molar-refractivity contribution in [1.29, 1.82) is 0 Å². The Morgan fingerprint density at radius 1 is 1.25 bits per heavy atom. The monoisotopic (exact) mass is 354 g/mol. The first-order valence-corrected chi connectivity index (χ1v) is 7.46. The predicted molar refractivity (Wildman–Crippen MR) is 85.9 cm³/mol. The molecule has 0 bridgehead atoms. The van der Waals surface area contributed by atoms with Crippen LogP contribution in [0.15, 0.2) is 46.9 Å². The van der Waals surface area contributed by atoms with Gasteiger partial charge in [0.15, 0.2) is 0 Å². The third-order valence-electron chi connectivity index (χ3n) is 2.95. The summed E-state index contributed by atoms with van der Waals surface area (Å²) in [6.45, 7) is 2.59. The van der Waals surface area contributed by atoms with Crippen LogP contribution in [0.1, 0.15) is 24.1 Å². The predicted octanol–water partition coefficient (Wildman–Crippen LogP) is 4.05. The van der Waals surface area contributed by atoms with Gasteiger partial charge in [0.2, 0.25) is 0 Å². The highest BCUT2D eigenvalue weighted by atomic mass is 79.9. The molecule has 2 aromatic rings. The lowest BCUT2D eigenvalue weighted by Crippen LogP contribution is -2.28. The van der Waals surface area contributed by atoms with Crippen LogP contribution in [0.4, 0.5) is 0 Å². The molecule has 0 heterocycles. The molecule has 0 radical (unpaired) electrons. The first-order valence-electron chi connectivity index (χ1n) is 6.29. The van der Waals surface area contributed by atoms with Crippen LogP contribution in [-0.4, -0.2) is 6.61 Å². The number of ether oxygens (including phenoxy) is 1. The zero-order valence-electron chi connectivity index (χ0n) is 11.1. The first-order chi connectivity index (χ1) is 9.65. The number of benzene rings is 2. The average Bonchev–Trinajstić information content (AvgIpc) is 2.44. The lowest BCUT2D eigenvalue weighted by molar-refractivity contribution is 0.339. The molecule has 0 aromatic heterocycles. The number of hydrazine groups is 1. The molecular weight excluding hydrogens is 340 g/mol. The SMILES string of the molecule is CCOc1cccc(C(NN)c2ccc(Br)c(Cl)c2)c1. The van der Waals surface area contributed by atoms with Crippen LogP contribution in [-0.2, 0) is 0 Å². The molecule has 106 valence electrons. The average molecular weight is 356 g/mol. The van der Waals surface area contributed by atoms with Gasteiger partial charge >= 0.3 is 0 Å². The molecule has 0 aliphatic carbocycles. The standard InChI is InChI=1S/C15H16BrClN2O/c1-2-20-12-5-3-4-10(8-12)15(19-18)11-6-7-13(16)14(17)9-11/h3-9,15,19H,2,18H2,1H3. The highest BCUT2D eigenvalue weighted by molar-refractivity contribution is 9.10.